The van der Waals surface area contributed by atoms with E-state index in [0.29, 0.717) is 0 Å². The van der Waals surface area contributed by atoms with Crippen LogP contribution in [0.5, 0.6) is 0 Å². The standard InChI is InChI=1S/C94H63BN4/c1-94(2,3)66-56-87-89-88(57-66)99(91-69(60-30-12-6-13-31-60)40-25-41-70(91)61-32-14-7-15-33-61)86-55-63(65-52-77-73-36-18-22-44-83(73)97-84-45-23-19-37-74(84)78(53-65)93(77)97)47-49-80(86)95(89)79-48-46-62(64-50-75-71-34-16-20-42-81(71)96-82-43-21-17-35-72(82)76(51-64)92(75)96)54-85(79)98(87)90-67(58-26-8-4-9-27-58)38-24-39-68(90)59-28-10-5-11-29-59/h4-57H,1-3H3. The Balaban J connectivity index is 0.906. The summed E-state index contributed by atoms with van der Waals surface area (Å²) in [5, 5.41) is 10.1. The Hall–Kier alpha value is -12.4. The second kappa shape index (κ2) is 21.0. The molecule has 5 heteroatoms. The van der Waals surface area contributed by atoms with Crippen LogP contribution in [0.4, 0.5) is 34.1 Å². The van der Waals surface area contributed by atoms with E-state index in [1.165, 1.54) is 121 Å². The van der Waals surface area contributed by atoms with E-state index in [2.05, 4.69) is 367 Å². The third-order valence-electron chi connectivity index (χ3n) is 21.9. The molecule has 99 heavy (non-hydrogen) atoms. The van der Waals surface area contributed by atoms with Crippen molar-refractivity contribution in [2.75, 3.05) is 9.80 Å². The second-order valence-electron chi connectivity index (χ2n) is 28.3. The Morgan fingerprint density at radius 1 is 0.242 bits per heavy atom. The molecule has 0 unspecified atom stereocenters. The number of anilines is 6. The molecule has 0 amide bonds. The summed E-state index contributed by atoms with van der Waals surface area (Å²) >= 11 is 0. The van der Waals surface area contributed by atoms with Crippen LogP contribution >= 0.6 is 0 Å². The minimum absolute atomic E-state index is 0.201. The topological polar surface area (TPSA) is 15.3 Å². The lowest BCUT2D eigenvalue weighted by atomic mass is 9.33. The average molecular weight is 1260 g/mol. The molecule has 19 aromatic rings. The van der Waals surface area contributed by atoms with Crippen molar-refractivity contribution in [3.8, 4) is 66.8 Å². The van der Waals surface area contributed by atoms with Crippen LogP contribution in [0, 0.1) is 0 Å². The fourth-order valence-electron chi connectivity index (χ4n) is 17.5. The van der Waals surface area contributed by atoms with Gasteiger partial charge in [0.1, 0.15) is 0 Å². The molecule has 15 aromatic carbocycles. The molecule has 0 N–H and O–H groups in total. The molecule has 0 radical (unpaired) electrons. The summed E-state index contributed by atoms with van der Waals surface area (Å²) in [6.07, 6.45) is 0. The molecule has 0 aliphatic carbocycles. The first-order valence-electron chi connectivity index (χ1n) is 34.7. The maximum atomic E-state index is 2.71. The fraction of sp³-hybridized carbons (Fsp3) is 0.0426. The van der Waals surface area contributed by atoms with E-state index >= 15 is 0 Å². The molecule has 0 saturated heterocycles. The number of benzene rings is 15. The van der Waals surface area contributed by atoms with Crippen LogP contribution in [0.25, 0.3) is 143 Å². The van der Waals surface area contributed by atoms with Gasteiger partial charge in [-0.3, -0.25) is 0 Å². The van der Waals surface area contributed by atoms with Crippen LogP contribution in [0.2, 0.25) is 0 Å². The summed E-state index contributed by atoms with van der Waals surface area (Å²) in [7, 11) is 0. The molecule has 6 heterocycles. The molecule has 2 aliphatic heterocycles. The normalized spacial score (nSPS) is 12.9. The van der Waals surface area contributed by atoms with Gasteiger partial charge < -0.3 is 18.6 Å². The first kappa shape index (κ1) is 55.8. The van der Waals surface area contributed by atoms with Crippen LogP contribution in [-0.2, 0) is 5.41 Å². The first-order valence-corrected chi connectivity index (χ1v) is 34.7. The average Bonchev–Trinajstić information content (AvgIpc) is 1.31. The molecule has 0 saturated carbocycles. The Morgan fingerprint density at radius 3 is 0.859 bits per heavy atom. The predicted octanol–water partition coefficient (Wildman–Crippen LogP) is 23.4. The lowest BCUT2D eigenvalue weighted by Crippen LogP contribution is -2.61. The zero-order chi connectivity index (χ0) is 65.4. The van der Waals surface area contributed by atoms with Gasteiger partial charge in [0.15, 0.2) is 0 Å². The van der Waals surface area contributed by atoms with Gasteiger partial charge in [0, 0.05) is 88.1 Å². The summed E-state index contributed by atoms with van der Waals surface area (Å²) in [5.74, 6) is 0. The fourth-order valence-corrected chi connectivity index (χ4v) is 17.5. The Kier molecular flexibility index (Phi) is 11.9. The third-order valence-corrected chi connectivity index (χ3v) is 21.9. The second-order valence-corrected chi connectivity index (χ2v) is 28.3. The van der Waals surface area contributed by atoms with Crippen LogP contribution in [0.1, 0.15) is 26.3 Å². The minimum Gasteiger partial charge on any atom is -0.310 e. The van der Waals surface area contributed by atoms with Gasteiger partial charge in [-0.2, -0.15) is 0 Å². The molecule has 0 fully saturated rings. The molecule has 4 aromatic heterocycles. The van der Waals surface area contributed by atoms with Gasteiger partial charge in [-0.25, -0.2) is 0 Å². The van der Waals surface area contributed by atoms with Crippen molar-refractivity contribution >= 4 is 133 Å². The number of para-hydroxylation sites is 6. The molecule has 0 atom stereocenters. The van der Waals surface area contributed by atoms with Gasteiger partial charge in [0.05, 0.1) is 44.5 Å². The van der Waals surface area contributed by atoms with Gasteiger partial charge >= 0.3 is 0 Å². The smallest absolute Gasteiger partial charge is 0.252 e. The van der Waals surface area contributed by atoms with E-state index in [0.717, 1.165) is 78.4 Å². The third kappa shape index (κ3) is 8.10. The number of aromatic nitrogens is 2. The van der Waals surface area contributed by atoms with Gasteiger partial charge in [0.25, 0.3) is 6.71 Å². The lowest BCUT2D eigenvalue weighted by molar-refractivity contribution is 0.590. The van der Waals surface area contributed by atoms with Crippen molar-refractivity contribution in [2.24, 2.45) is 0 Å². The Morgan fingerprint density at radius 2 is 0.545 bits per heavy atom. The predicted molar refractivity (Wildman–Crippen MR) is 421 cm³/mol. The van der Waals surface area contributed by atoms with Gasteiger partial charge in [-0.1, -0.05) is 276 Å². The number of nitrogens with zero attached hydrogens (tertiary/aromatic N) is 4. The molecule has 0 spiro atoms. The van der Waals surface area contributed by atoms with Crippen molar-refractivity contribution < 1.29 is 0 Å². The van der Waals surface area contributed by atoms with Crippen molar-refractivity contribution in [2.45, 2.75) is 26.2 Å². The zero-order valence-corrected chi connectivity index (χ0v) is 55.0. The number of hydrogen-bond acceptors (Lipinski definition) is 2. The summed E-state index contributed by atoms with van der Waals surface area (Å²) in [5.41, 5.74) is 33.0. The van der Waals surface area contributed by atoms with E-state index < -0.39 is 0 Å². The van der Waals surface area contributed by atoms with Gasteiger partial charge in [0.2, 0.25) is 0 Å². The largest absolute Gasteiger partial charge is 0.310 e. The van der Waals surface area contributed by atoms with E-state index in [1.54, 1.807) is 0 Å². The van der Waals surface area contributed by atoms with Crippen LogP contribution < -0.4 is 26.2 Å². The quantitative estimate of drug-likeness (QED) is 0.141. The molecule has 462 valence electrons. The lowest BCUT2D eigenvalue weighted by Gasteiger charge is -2.46. The summed E-state index contributed by atoms with van der Waals surface area (Å²) in [6.45, 7) is 6.97. The van der Waals surface area contributed by atoms with Gasteiger partial charge in [-0.05, 0) is 145 Å². The highest BCUT2D eigenvalue weighted by atomic mass is 15.2. The van der Waals surface area contributed by atoms with Crippen molar-refractivity contribution in [1.29, 1.82) is 0 Å². The van der Waals surface area contributed by atoms with Crippen molar-refractivity contribution in [3.05, 3.63) is 333 Å². The number of fused-ring (bicyclic) bond motifs is 16. The monoisotopic (exact) mass is 1260 g/mol. The number of rotatable bonds is 8. The zero-order valence-electron chi connectivity index (χ0n) is 55.0. The molecule has 2 aliphatic rings. The van der Waals surface area contributed by atoms with Crippen molar-refractivity contribution in [3.63, 3.8) is 0 Å². The van der Waals surface area contributed by atoms with E-state index in [1.807, 2.05) is 0 Å². The van der Waals surface area contributed by atoms with E-state index in [4.69, 9.17) is 0 Å². The Labute approximate surface area is 574 Å². The first-order chi connectivity index (χ1) is 48.8. The number of hydrogen-bond donors (Lipinski definition) is 0. The molecule has 4 nitrogen and oxygen atoms in total. The van der Waals surface area contributed by atoms with Gasteiger partial charge in [-0.15, -0.1) is 0 Å². The van der Waals surface area contributed by atoms with E-state index in [9.17, 15) is 0 Å². The summed E-state index contributed by atoms with van der Waals surface area (Å²) in [6, 6.07) is 124. The maximum absolute atomic E-state index is 2.71. The van der Waals surface area contributed by atoms with E-state index in [-0.39, 0.29) is 12.1 Å². The maximum Gasteiger partial charge on any atom is 0.252 e. The highest BCUT2D eigenvalue weighted by Gasteiger charge is 2.46. The van der Waals surface area contributed by atoms with Crippen LogP contribution in [0.3, 0.4) is 0 Å². The molecular weight excluding hydrogens is 1200 g/mol. The molecular formula is C94H63BN4. The van der Waals surface area contributed by atoms with Crippen LogP contribution in [0.15, 0.2) is 328 Å². The summed E-state index contributed by atoms with van der Waals surface area (Å²) in [4.78, 5) is 5.41. The Bertz CT molecular complexity index is 5850. The van der Waals surface area contributed by atoms with Crippen LogP contribution in [-0.4, -0.2) is 15.5 Å². The summed E-state index contributed by atoms with van der Waals surface area (Å²) < 4.78 is 4.98. The highest BCUT2D eigenvalue weighted by molar-refractivity contribution is 7.00. The SMILES string of the molecule is CC(C)(C)c1cc2c3c(c1)N(c1c(-c4ccccc4)cccc1-c1ccccc1)c1cc(-c4cc5c6ccccc6n6c7ccccc7c(c4)c56)ccc1B3c1ccc(-c3cc4c5ccccc5n5c6ccccc6c(c3)c45)cc1N2c1c(-c2ccccc2)cccc1-c1ccccc1. The van der Waals surface area contributed by atoms with Crippen molar-refractivity contribution in [1.82, 2.24) is 8.80 Å². The molecule has 21 rings (SSSR count). The highest BCUT2D eigenvalue weighted by Crippen LogP contribution is 2.55. The minimum atomic E-state index is -0.299. The molecule has 0 bridgehead atoms.